The van der Waals surface area contributed by atoms with Crippen molar-refractivity contribution in [2.75, 3.05) is 5.73 Å². The molecule has 146 valence electrons. The fourth-order valence-electron chi connectivity index (χ4n) is 2.52. The molecule has 0 radical (unpaired) electrons. The number of phenols is 1. The third-order valence-corrected chi connectivity index (χ3v) is 5.53. The van der Waals surface area contributed by atoms with Crippen LogP contribution < -0.4 is 5.73 Å². The van der Waals surface area contributed by atoms with Crippen LogP contribution in [0.15, 0.2) is 68.6 Å². The zero-order valence-electron chi connectivity index (χ0n) is 13.9. The summed E-state index contributed by atoms with van der Waals surface area (Å²) in [7, 11) is -9.10. The van der Waals surface area contributed by atoms with Crippen LogP contribution in [0.5, 0.6) is 5.75 Å². The molecule has 0 fully saturated rings. The molecule has 3 aromatic carbocycles. The molecule has 28 heavy (non-hydrogen) atoms. The van der Waals surface area contributed by atoms with Crippen molar-refractivity contribution in [2.45, 2.75) is 9.79 Å². The first-order chi connectivity index (χ1) is 13.0. The number of nitrogens with two attached hydrogens (primary N) is 1. The Bertz CT molecular complexity index is 1320. The molecule has 0 unspecified atom stereocenters. The van der Waals surface area contributed by atoms with Gasteiger partial charge in [-0.3, -0.25) is 9.11 Å². The molecule has 5 N–H and O–H groups in total. The van der Waals surface area contributed by atoms with E-state index in [1.165, 1.54) is 30.3 Å². The topological polar surface area (TPSA) is 180 Å². The number of aromatic hydroxyl groups is 1. The maximum Gasteiger partial charge on any atom is 0.296 e. The normalized spacial score (nSPS) is 12.6. The molecule has 0 saturated carbocycles. The first kappa shape index (κ1) is 19.7. The Morgan fingerprint density at radius 2 is 1.50 bits per heavy atom. The first-order valence-corrected chi connectivity index (χ1v) is 10.4. The Morgan fingerprint density at radius 1 is 0.857 bits per heavy atom. The number of nitrogen functional groups attached to an aromatic ring is 1. The molecule has 0 bridgehead atoms. The van der Waals surface area contributed by atoms with Crippen LogP contribution in [-0.2, 0) is 20.2 Å². The number of benzene rings is 3. The lowest BCUT2D eigenvalue weighted by Crippen LogP contribution is -2.01. The number of fused-ring (bicyclic) bond motifs is 1. The third-order valence-electron chi connectivity index (χ3n) is 3.80. The summed E-state index contributed by atoms with van der Waals surface area (Å²) in [5.41, 5.74) is 5.46. The molecule has 0 aliphatic rings. The molecule has 0 heterocycles. The molecule has 12 heteroatoms. The second kappa shape index (κ2) is 6.83. The van der Waals surface area contributed by atoms with Gasteiger partial charge in [-0.15, -0.1) is 5.11 Å². The maximum absolute atomic E-state index is 11.7. The first-order valence-electron chi connectivity index (χ1n) is 7.49. The Morgan fingerprint density at radius 3 is 2.07 bits per heavy atom. The van der Waals surface area contributed by atoms with Crippen LogP contribution in [-0.4, -0.2) is 31.0 Å². The zero-order chi connectivity index (χ0) is 20.7. The monoisotopic (exact) mass is 423 g/mol. The molecule has 0 aliphatic carbocycles. The van der Waals surface area contributed by atoms with Gasteiger partial charge in [-0.05, 0) is 41.8 Å². The highest BCUT2D eigenvalue weighted by Crippen LogP contribution is 2.41. The SMILES string of the molecule is Nc1c(N=Nc2ccc(S(=O)(=O)O)cc2)c(S(=O)(=O)O)cc2cccc(O)c12. The quantitative estimate of drug-likeness (QED) is 0.281. The number of azo groups is 1. The van der Waals surface area contributed by atoms with Crippen LogP contribution in [0.3, 0.4) is 0 Å². The van der Waals surface area contributed by atoms with Crippen LogP contribution in [0.2, 0.25) is 0 Å². The minimum atomic E-state index is -4.72. The van der Waals surface area contributed by atoms with Gasteiger partial charge in [0.25, 0.3) is 20.2 Å². The molecular weight excluding hydrogens is 410 g/mol. The summed E-state index contributed by atoms with van der Waals surface area (Å²) in [6.07, 6.45) is 0. The van der Waals surface area contributed by atoms with E-state index in [4.69, 9.17) is 10.3 Å². The van der Waals surface area contributed by atoms with Gasteiger partial charge in [0, 0.05) is 5.39 Å². The van der Waals surface area contributed by atoms with E-state index in [1.807, 2.05) is 0 Å². The predicted molar refractivity (Wildman–Crippen MR) is 100 cm³/mol. The van der Waals surface area contributed by atoms with Crippen LogP contribution >= 0.6 is 0 Å². The molecule has 0 aromatic heterocycles. The van der Waals surface area contributed by atoms with Crippen LogP contribution in [0.4, 0.5) is 17.1 Å². The summed E-state index contributed by atoms with van der Waals surface area (Å²) in [4.78, 5) is -0.971. The average molecular weight is 423 g/mol. The number of rotatable bonds is 4. The zero-order valence-corrected chi connectivity index (χ0v) is 15.5. The molecule has 0 saturated heterocycles. The lowest BCUT2D eigenvalue weighted by atomic mass is 10.1. The van der Waals surface area contributed by atoms with Crippen LogP contribution in [0, 0.1) is 0 Å². The summed E-state index contributed by atoms with van der Waals surface area (Å²) in [5, 5.41) is 18.0. The standard InChI is InChI=1S/C16H13N3O7S2/c17-15-14-9(2-1-3-12(14)20)8-13(28(24,25)26)16(15)19-18-10-4-6-11(7-5-10)27(21,22)23/h1-8,20H,17H2,(H,21,22,23)(H,24,25,26). The van der Waals surface area contributed by atoms with Crippen molar-refractivity contribution >= 4 is 48.1 Å². The van der Waals surface area contributed by atoms with Gasteiger partial charge in [0.15, 0.2) is 0 Å². The lowest BCUT2D eigenvalue weighted by molar-refractivity contribution is 0.480. The third kappa shape index (κ3) is 3.80. The van der Waals surface area contributed by atoms with E-state index in [1.54, 1.807) is 0 Å². The fraction of sp³-hybridized carbons (Fsp3) is 0. The van der Waals surface area contributed by atoms with Crippen LogP contribution in [0.1, 0.15) is 0 Å². The van der Waals surface area contributed by atoms with Gasteiger partial charge >= 0.3 is 0 Å². The minimum Gasteiger partial charge on any atom is -0.507 e. The van der Waals surface area contributed by atoms with E-state index in [0.717, 1.165) is 18.2 Å². The Hall–Kier alpha value is -3.06. The summed E-state index contributed by atoms with van der Waals surface area (Å²) < 4.78 is 64.0. The van der Waals surface area contributed by atoms with Crippen molar-refractivity contribution in [3.8, 4) is 5.75 Å². The van der Waals surface area contributed by atoms with Crippen molar-refractivity contribution in [1.82, 2.24) is 0 Å². The molecule has 3 aromatic rings. The van der Waals surface area contributed by atoms with E-state index in [2.05, 4.69) is 10.2 Å². The number of anilines is 1. The lowest BCUT2D eigenvalue weighted by Gasteiger charge is -2.10. The number of hydrogen-bond acceptors (Lipinski definition) is 8. The molecule has 0 aliphatic heterocycles. The van der Waals surface area contributed by atoms with E-state index in [-0.39, 0.29) is 32.8 Å². The van der Waals surface area contributed by atoms with Gasteiger partial charge < -0.3 is 10.8 Å². The van der Waals surface area contributed by atoms with Gasteiger partial charge in [0.1, 0.15) is 16.3 Å². The molecule has 0 spiro atoms. The molecule has 10 nitrogen and oxygen atoms in total. The van der Waals surface area contributed by atoms with E-state index < -0.39 is 30.8 Å². The second-order valence-corrected chi connectivity index (χ2v) is 8.47. The van der Waals surface area contributed by atoms with Gasteiger partial charge in [0.2, 0.25) is 0 Å². The highest BCUT2D eigenvalue weighted by atomic mass is 32.2. The minimum absolute atomic E-state index is 0.116. The molecule has 3 rings (SSSR count). The van der Waals surface area contributed by atoms with Crippen molar-refractivity contribution < 1.29 is 31.0 Å². The van der Waals surface area contributed by atoms with Gasteiger partial charge in [0.05, 0.1) is 16.3 Å². The number of phenolic OH excluding ortho intramolecular Hbond substituents is 1. The largest absolute Gasteiger partial charge is 0.507 e. The number of hydrogen-bond donors (Lipinski definition) is 4. The summed E-state index contributed by atoms with van der Waals surface area (Å²) in [6.45, 7) is 0. The predicted octanol–water partition coefficient (Wildman–Crippen LogP) is 3.04. The Kier molecular flexibility index (Phi) is 4.81. The van der Waals surface area contributed by atoms with Crippen molar-refractivity contribution in [3.05, 3.63) is 48.5 Å². The molecular formula is C16H13N3O7S2. The van der Waals surface area contributed by atoms with E-state index >= 15 is 0 Å². The molecule has 0 atom stereocenters. The van der Waals surface area contributed by atoms with E-state index in [0.29, 0.717) is 0 Å². The van der Waals surface area contributed by atoms with Crippen molar-refractivity contribution in [2.24, 2.45) is 10.2 Å². The highest BCUT2D eigenvalue weighted by Gasteiger charge is 2.22. The second-order valence-electron chi connectivity index (χ2n) is 5.66. The van der Waals surface area contributed by atoms with Crippen molar-refractivity contribution in [3.63, 3.8) is 0 Å². The van der Waals surface area contributed by atoms with Gasteiger partial charge in [-0.25, -0.2) is 0 Å². The summed E-state index contributed by atoms with van der Waals surface area (Å²) in [6, 6.07) is 9.99. The van der Waals surface area contributed by atoms with Gasteiger partial charge in [-0.1, -0.05) is 12.1 Å². The molecule has 0 amide bonds. The summed E-state index contributed by atoms with van der Waals surface area (Å²) >= 11 is 0. The smallest absolute Gasteiger partial charge is 0.296 e. The fourth-order valence-corrected chi connectivity index (χ4v) is 3.68. The van der Waals surface area contributed by atoms with Gasteiger partial charge in [-0.2, -0.15) is 21.9 Å². The van der Waals surface area contributed by atoms with Crippen molar-refractivity contribution in [1.29, 1.82) is 0 Å². The maximum atomic E-state index is 11.7. The highest BCUT2D eigenvalue weighted by molar-refractivity contribution is 7.86. The number of nitrogens with zero attached hydrogens (tertiary/aromatic N) is 2. The van der Waals surface area contributed by atoms with E-state index in [9.17, 15) is 26.5 Å². The van der Waals surface area contributed by atoms with Crippen LogP contribution in [0.25, 0.3) is 10.8 Å². The Labute approximate surface area is 159 Å². The summed E-state index contributed by atoms with van der Waals surface area (Å²) in [5.74, 6) is -0.217. The Balaban J connectivity index is 2.18. The average Bonchev–Trinajstić information content (AvgIpc) is 2.59.